The van der Waals surface area contributed by atoms with E-state index in [0.717, 1.165) is 0 Å². The zero-order chi connectivity index (χ0) is 30.6. The Kier molecular flexibility index (Phi) is 9.12. The summed E-state index contributed by atoms with van der Waals surface area (Å²) in [7, 11) is 0.239. The number of esters is 1. The third-order valence-electron chi connectivity index (χ3n) is 5.90. The van der Waals surface area contributed by atoms with E-state index in [9.17, 15) is 13.2 Å². The topological polar surface area (TPSA) is 151 Å². The zero-order valence-electron chi connectivity index (χ0n) is 24.4. The molecular formula is C29H33N5O7S. The van der Waals surface area contributed by atoms with Gasteiger partial charge < -0.3 is 24.3 Å². The predicted molar refractivity (Wildman–Crippen MR) is 158 cm³/mol. The summed E-state index contributed by atoms with van der Waals surface area (Å²) in [6, 6.07) is 9.90. The van der Waals surface area contributed by atoms with E-state index >= 15 is 0 Å². The van der Waals surface area contributed by atoms with Crippen LogP contribution < -0.4 is 24.2 Å². The molecule has 0 saturated carbocycles. The Balaban J connectivity index is 1.92. The molecule has 0 aliphatic heterocycles. The number of nitrogens with zero attached hydrogens (tertiary/aromatic N) is 3. The van der Waals surface area contributed by atoms with Crippen molar-refractivity contribution >= 4 is 38.3 Å². The summed E-state index contributed by atoms with van der Waals surface area (Å²) in [5, 5.41) is 3.72. The molecule has 0 aliphatic rings. The Labute approximate surface area is 244 Å². The molecule has 0 radical (unpaired) electrons. The number of aromatic nitrogens is 3. The highest BCUT2D eigenvalue weighted by Crippen LogP contribution is 2.37. The van der Waals surface area contributed by atoms with Gasteiger partial charge in [0.2, 0.25) is 15.9 Å². The standard InChI is InChI=1S/C29H33N5O7S/c1-16(2)34-42(36,37)25-15-30-24-12-18(23-14-31-29(40-7)33-27(23)38-5)8-9-22(24)26(25)32-20-10-19(28(35)39-6)11-21(13-20)41-17(3)4/h8-17,34H,1-7H3,(H,30,32). The molecule has 0 aliphatic carbocycles. The number of fused-ring (bicyclic) bond motifs is 1. The van der Waals surface area contributed by atoms with Crippen molar-refractivity contribution in [3.8, 4) is 28.8 Å². The Bertz CT molecular complexity index is 1730. The number of ether oxygens (including phenoxy) is 4. The lowest BCUT2D eigenvalue weighted by molar-refractivity contribution is 0.0600. The van der Waals surface area contributed by atoms with Crippen molar-refractivity contribution in [3.63, 3.8) is 0 Å². The van der Waals surface area contributed by atoms with E-state index in [-0.39, 0.29) is 34.3 Å². The molecule has 2 N–H and O–H groups in total. The summed E-state index contributed by atoms with van der Waals surface area (Å²) < 4.78 is 50.8. The van der Waals surface area contributed by atoms with Crippen molar-refractivity contribution in [3.05, 3.63) is 54.4 Å². The molecule has 2 aromatic carbocycles. The van der Waals surface area contributed by atoms with Crippen LogP contribution >= 0.6 is 0 Å². The van der Waals surface area contributed by atoms with E-state index in [1.54, 1.807) is 56.4 Å². The van der Waals surface area contributed by atoms with Gasteiger partial charge >= 0.3 is 12.0 Å². The first-order valence-electron chi connectivity index (χ1n) is 13.0. The maximum Gasteiger partial charge on any atom is 0.338 e. The molecule has 42 heavy (non-hydrogen) atoms. The first-order valence-corrected chi connectivity index (χ1v) is 14.5. The van der Waals surface area contributed by atoms with Crippen LogP contribution in [0.3, 0.4) is 0 Å². The first-order chi connectivity index (χ1) is 19.9. The number of sulfonamides is 1. The highest BCUT2D eigenvalue weighted by atomic mass is 32.2. The molecule has 0 saturated heterocycles. The Morgan fingerprint density at radius 1 is 0.929 bits per heavy atom. The van der Waals surface area contributed by atoms with Gasteiger partial charge in [-0.3, -0.25) is 4.98 Å². The quantitative estimate of drug-likeness (QED) is 0.232. The fraction of sp³-hybridized carbons (Fsp3) is 0.310. The van der Waals surface area contributed by atoms with Gasteiger partial charge in [0.1, 0.15) is 10.6 Å². The lowest BCUT2D eigenvalue weighted by Gasteiger charge is -2.19. The van der Waals surface area contributed by atoms with E-state index < -0.39 is 16.0 Å². The monoisotopic (exact) mass is 595 g/mol. The number of hydrogen-bond acceptors (Lipinski definition) is 11. The number of anilines is 2. The Morgan fingerprint density at radius 2 is 1.69 bits per heavy atom. The largest absolute Gasteiger partial charge is 0.491 e. The minimum absolute atomic E-state index is 0.0726. The third-order valence-corrected chi connectivity index (χ3v) is 7.57. The fourth-order valence-corrected chi connectivity index (χ4v) is 5.61. The number of methoxy groups -OCH3 is 3. The molecule has 0 bridgehead atoms. The van der Waals surface area contributed by atoms with Gasteiger partial charge in [0, 0.05) is 35.6 Å². The molecule has 0 unspecified atom stereocenters. The SMILES string of the molecule is COC(=O)c1cc(Nc2c(S(=O)(=O)NC(C)C)cnc3cc(-c4cnc(OC)nc4OC)ccc23)cc(OC(C)C)c1. The van der Waals surface area contributed by atoms with E-state index in [1.165, 1.54) is 27.5 Å². The highest BCUT2D eigenvalue weighted by Gasteiger charge is 2.24. The van der Waals surface area contributed by atoms with Crippen molar-refractivity contribution < 1.29 is 32.2 Å². The van der Waals surface area contributed by atoms with E-state index in [1.807, 2.05) is 13.8 Å². The molecule has 13 heteroatoms. The van der Waals surface area contributed by atoms with Crippen LogP contribution in [0.5, 0.6) is 17.6 Å². The van der Waals surface area contributed by atoms with Crippen LogP contribution in [0, 0.1) is 0 Å². The van der Waals surface area contributed by atoms with Crippen LogP contribution in [0.15, 0.2) is 53.7 Å². The van der Waals surface area contributed by atoms with Crippen molar-refractivity contribution in [1.82, 2.24) is 19.7 Å². The average molecular weight is 596 g/mol. The summed E-state index contributed by atoms with van der Waals surface area (Å²) in [6.45, 7) is 7.17. The lowest BCUT2D eigenvalue weighted by Crippen LogP contribution is -2.30. The second kappa shape index (κ2) is 12.6. The summed E-state index contributed by atoms with van der Waals surface area (Å²) in [5.41, 5.74) is 2.67. The smallest absolute Gasteiger partial charge is 0.338 e. The van der Waals surface area contributed by atoms with Gasteiger partial charge in [-0.05, 0) is 51.5 Å². The number of hydrogen-bond donors (Lipinski definition) is 2. The number of benzene rings is 2. The Hall–Kier alpha value is -4.49. The summed E-state index contributed by atoms with van der Waals surface area (Å²) >= 11 is 0. The van der Waals surface area contributed by atoms with Gasteiger partial charge in [-0.2, -0.15) is 4.98 Å². The maximum atomic E-state index is 13.4. The van der Waals surface area contributed by atoms with Crippen molar-refractivity contribution in [2.45, 2.75) is 44.7 Å². The molecule has 0 spiro atoms. The molecule has 12 nitrogen and oxygen atoms in total. The molecule has 222 valence electrons. The van der Waals surface area contributed by atoms with Crippen LogP contribution in [0.1, 0.15) is 38.1 Å². The minimum Gasteiger partial charge on any atom is -0.491 e. The van der Waals surface area contributed by atoms with E-state index in [0.29, 0.717) is 39.3 Å². The average Bonchev–Trinajstić information content (AvgIpc) is 2.94. The van der Waals surface area contributed by atoms with Crippen LogP contribution in [-0.4, -0.2) is 62.8 Å². The number of pyridine rings is 1. The predicted octanol–water partition coefficient (Wildman–Crippen LogP) is 4.71. The second-order valence-electron chi connectivity index (χ2n) is 9.81. The van der Waals surface area contributed by atoms with Gasteiger partial charge in [0.25, 0.3) is 0 Å². The molecule has 4 rings (SSSR count). The summed E-state index contributed by atoms with van der Waals surface area (Å²) in [4.78, 5) is 25.3. The minimum atomic E-state index is -3.99. The molecule has 0 atom stereocenters. The molecule has 0 amide bonds. The zero-order valence-corrected chi connectivity index (χ0v) is 25.2. The highest BCUT2D eigenvalue weighted by molar-refractivity contribution is 7.89. The number of carbonyl (C=O) groups excluding carboxylic acids is 1. The normalized spacial score (nSPS) is 11.5. The van der Waals surface area contributed by atoms with Crippen molar-refractivity contribution in [1.29, 1.82) is 0 Å². The first kappa shape index (κ1) is 30.5. The van der Waals surface area contributed by atoms with Gasteiger partial charge in [-0.1, -0.05) is 12.1 Å². The summed E-state index contributed by atoms with van der Waals surface area (Å²) in [6.07, 6.45) is 2.69. The van der Waals surface area contributed by atoms with Crippen LogP contribution in [0.4, 0.5) is 11.4 Å². The van der Waals surface area contributed by atoms with Gasteiger partial charge in [0.15, 0.2) is 0 Å². The van der Waals surface area contributed by atoms with Crippen molar-refractivity contribution in [2.75, 3.05) is 26.6 Å². The molecule has 2 aromatic heterocycles. The number of carbonyl (C=O) groups is 1. The number of rotatable bonds is 11. The number of nitrogens with one attached hydrogen (secondary N) is 2. The molecule has 4 aromatic rings. The van der Waals surface area contributed by atoms with Crippen LogP contribution in [-0.2, 0) is 14.8 Å². The third kappa shape index (κ3) is 6.69. The fourth-order valence-electron chi connectivity index (χ4n) is 4.24. The molecule has 0 fully saturated rings. The molecular weight excluding hydrogens is 562 g/mol. The maximum absolute atomic E-state index is 13.4. The van der Waals surface area contributed by atoms with Crippen LogP contribution in [0.25, 0.3) is 22.0 Å². The second-order valence-corrected chi connectivity index (χ2v) is 11.5. The van der Waals surface area contributed by atoms with Gasteiger partial charge in [0.05, 0.1) is 49.8 Å². The lowest BCUT2D eigenvalue weighted by atomic mass is 10.0. The van der Waals surface area contributed by atoms with Crippen LogP contribution in [0.2, 0.25) is 0 Å². The van der Waals surface area contributed by atoms with E-state index in [4.69, 9.17) is 18.9 Å². The molecule has 2 heterocycles. The Morgan fingerprint density at radius 3 is 2.33 bits per heavy atom. The van der Waals surface area contributed by atoms with E-state index in [2.05, 4.69) is 25.0 Å². The van der Waals surface area contributed by atoms with Gasteiger partial charge in [-0.15, -0.1) is 0 Å². The summed E-state index contributed by atoms with van der Waals surface area (Å²) in [5.74, 6) is 0.144. The van der Waals surface area contributed by atoms with Crippen molar-refractivity contribution in [2.24, 2.45) is 0 Å². The van der Waals surface area contributed by atoms with Gasteiger partial charge in [-0.25, -0.2) is 22.9 Å².